The molecule has 0 aliphatic carbocycles. The normalized spacial score (nSPS) is 13.9. The standard InChI is InChI=1S/C12H24N2O3/c1-5-7-9(3)14-12(16)10(4)13-8-11(15)17-6-2/h9-10,13H,5-8H2,1-4H3,(H,14,16). The van der Waals surface area contributed by atoms with Crippen molar-refractivity contribution in [2.45, 2.75) is 52.6 Å². The lowest BCUT2D eigenvalue weighted by Gasteiger charge is -2.17. The molecule has 0 spiro atoms. The van der Waals surface area contributed by atoms with E-state index in [1.165, 1.54) is 0 Å². The molecule has 0 aromatic carbocycles. The average Bonchev–Trinajstić information content (AvgIpc) is 2.26. The minimum Gasteiger partial charge on any atom is -0.465 e. The molecule has 5 nitrogen and oxygen atoms in total. The molecular weight excluding hydrogens is 220 g/mol. The number of rotatable bonds is 8. The fraction of sp³-hybridized carbons (Fsp3) is 0.833. The van der Waals surface area contributed by atoms with Crippen LogP contribution < -0.4 is 10.6 Å². The predicted molar refractivity (Wildman–Crippen MR) is 66.6 cm³/mol. The number of amides is 1. The molecule has 1 amide bonds. The first-order valence-corrected chi connectivity index (χ1v) is 6.20. The van der Waals surface area contributed by atoms with E-state index in [2.05, 4.69) is 17.6 Å². The summed E-state index contributed by atoms with van der Waals surface area (Å²) >= 11 is 0. The molecule has 0 saturated heterocycles. The van der Waals surface area contributed by atoms with Gasteiger partial charge in [0.2, 0.25) is 5.91 Å². The molecule has 0 aliphatic heterocycles. The number of carbonyl (C=O) groups excluding carboxylic acids is 2. The second-order valence-electron chi connectivity index (χ2n) is 4.11. The lowest BCUT2D eigenvalue weighted by molar-refractivity contribution is -0.142. The summed E-state index contributed by atoms with van der Waals surface area (Å²) in [7, 11) is 0. The summed E-state index contributed by atoms with van der Waals surface area (Å²) in [5, 5.41) is 5.71. The summed E-state index contributed by atoms with van der Waals surface area (Å²) in [6.07, 6.45) is 1.99. The van der Waals surface area contributed by atoms with Crippen LogP contribution in [0.25, 0.3) is 0 Å². The minimum atomic E-state index is -0.390. The Morgan fingerprint density at radius 3 is 2.41 bits per heavy atom. The highest BCUT2D eigenvalue weighted by molar-refractivity contribution is 5.82. The first kappa shape index (κ1) is 15.9. The third kappa shape index (κ3) is 7.74. The van der Waals surface area contributed by atoms with Crippen LogP contribution in [0.15, 0.2) is 0 Å². The Morgan fingerprint density at radius 1 is 1.24 bits per heavy atom. The Kier molecular flexibility index (Phi) is 8.40. The summed E-state index contributed by atoms with van der Waals surface area (Å²) in [6.45, 7) is 7.94. The van der Waals surface area contributed by atoms with Crippen LogP contribution in [0.1, 0.15) is 40.5 Å². The van der Waals surface area contributed by atoms with E-state index in [1.807, 2.05) is 6.92 Å². The number of esters is 1. The Hall–Kier alpha value is -1.10. The molecule has 0 aromatic rings. The molecule has 0 saturated carbocycles. The van der Waals surface area contributed by atoms with Gasteiger partial charge in [0, 0.05) is 6.04 Å². The van der Waals surface area contributed by atoms with Crippen molar-refractivity contribution in [3.63, 3.8) is 0 Å². The third-order valence-electron chi connectivity index (χ3n) is 2.36. The van der Waals surface area contributed by atoms with Gasteiger partial charge in [0.1, 0.15) is 0 Å². The number of nitrogens with one attached hydrogen (secondary N) is 2. The zero-order valence-corrected chi connectivity index (χ0v) is 11.2. The largest absolute Gasteiger partial charge is 0.465 e. The smallest absolute Gasteiger partial charge is 0.319 e. The molecule has 0 aromatic heterocycles. The maximum absolute atomic E-state index is 11.7. The molecule has 2 unspecified atom stereocenters. The summed E-state index contributed by atoms with van der Waals surface area (Å²) in [5.74, 6) is -0.427. The summed E-state index contributed by atoms with van der Waals surface area (Å²) < 4.78 is 4.76. The average molecular weight is 244 g/mol. The first-order valence-electron chi connectivity index (χ1n) is 6.20. The fourth-order valence-corrected chi connectivity index (χ4v) is 1.41. The quantitative estimate of drug-likeness (QED) is 0.621. The van der Waals surface area contributed by atoms with Gasteiger partial charge in [-0.25, -0.2) is 0 Å². The molecular formula is C12H24N2O3. The van der Waals surface area contributed by atoms with Crippen LogP contribution in [0.2, 0.25) is 0 Å². The van der Waals surface area contributed by atoms with Gasteiger partial charge in [-0.3, -0.25) is 14.9 Å². The van der Waals surface area contributed by atoms with E-state index in [1.54, 1.807) is 13.8 Å². The van der Waals surface area contributed by atoms with Gasteiger partial charge in [-0.1, -0.05) is 13.3 Å². The molecule has 100 valence electrons. The third-order valence-corrected chi connectivity index (χ3v) is 2.36. The number of ether oxygens (including phenoxy) is 1. The van der Waals surface area contributed by atoms with Gasteiger partial charge in [0.25, 0.3) is 0 Å². The van der Waals surface area contributed by atoms with Gasteiger partial charge in [0.15, 0.2) is 0 Å². The van der Waals surface area contributed by atoms with Crippen molar-refractivity contribution in [2.24, 2.45) is 0 Å². The molecule has 0 aliphatic rings. The maximum Gasteiger partial charge on any atom is 0.319 e. The lowest BCUT2D eigenvalue weighted by atomic mass is 10.2. The molecule has 0 fully saturated rings. The fourth-order valence-electron chi connectivity index (χ4n) is 1.41. The van der Waals surface area contributed by atoms with Crippen molar-refractivity contribution >= 4 is 11.9 Å². The minimum absolute atomic E-state index is 0.0601. The van der Waals surface area contributed by atoms with Gasteiger partial charge in [-0.15, -0.1) is 0 Å². The highest BCUT2D eigenvalue weighted by Gasteiger charge is 2.15. The Bertz CT molecular complexity index is 244. The van der Waals surface area contributed by atoms with Crippen molar-refractivity contribution in [3.8, 4) is 0 Å². The number of carbonyl (C=O) groups is 2. The van der Waals surface area contributed by atoms with E-state index in [9.17, 15) is 9.59 Å². The molecule has 0 heterocycles. The molecule has 0 radical (unpaired) electrons. The maximum atomic E-state index is 11.7. The highest BCUT2D eigenvalue weighted by atomic mass is 16.5. The van der Waals surface area contributed by atoms with Crippen LogP contribution >= 0.6 is 0 Å². The van der Waals surface area contributed by atoms with Crippen molar-refractivity contribution in [1.82, 2.24) is 10.6 Å². The van der Waals surface area contributed by atoms with Gasteiger partial charge in [0.05, 0.1) is 19.2 Å². The second kappa shape index (κ2) is 8.98. The molecule has 17 heavy (non-hydrogen) atoms. The molecule has 2 N–H and O–H groups in total. The van der Waals surface area contributed by atoms with Gasteiger partial charge in [-0.05, 0) is 27.2 Å². The zero-order chi connectivity index (χ0) is 13.3. The van der Waals surface area contributed by atoms with E-state index < -0.39 is 6.04 Å². The van der Waals surface area contributed by atoms with Gasteiger partial charge >= 0.3 is 5.97 Å². The van der Waals surface area contributed by atoms with Crippen LogP contribution in [0.5, 0.6) is 0 Å². The van der Waals surface area contributed by atoms with E-state index in [-0.39, 0.29) is 24.5 Å². The van der Waals surface area contributed by atoms with E-state index in [4.69, 9.17) is 4.74 Å². The van der Waals surface area contributed by atoms with Crippen LogP contribution in [-0.4, -0.2) is 37.1 Å². The van der Waals surface area contributed by atoms with Crippen molar-refractivity contribution in [3.05, 3.63) is 0 Å². The molecule has 0 rings (SSSR count). The summed E-state index contributed by atoms with van der Waals surface area (Å²) in [6, 6.07) is -0.224. The van der Waals surface area contributed by atoms with Crippen LogP contribution in [-0.2, 0) is 14.3 Å². The molecule has 2 atom stereocenters. The lowest BCUT2D eigenvalue weighted by Crippen LogP contribution is -2.46. The van der Waals surface area contributed by atoms with Crippen LogP contribution in [0.3, 0.4) is 0 Å². The molecule has 0 bridgehead atoms. The number of hydrogen-bond acceptors (Lipinski definition) is 4. The Morgan fingerprint density at radius 2 is 1.88 bits per heavy atom. The summed E-state index contributed by atoms with van der Waals surface area (Å²) in [5.41, 5.74) is 0. The summed E-state index contributed by atoms with van der Waals surface area (Å²) in [4.78, 5) is 22.8. The van der Waals surface area contributed by atoms with E-state index in [0.717, 1.165) is 12.8 Å². The van der Waals surface area contributed by atoms with Crippen LogP contribution in [0, 0.1) is 0 Å². The van der Waals surface area contributed by atoms with Crippen molar-refractivity contribution < 1.29 is 14.3 Å². The topological polar surface area (TPSA) is 67.4 Å². The SMILES string of the molecule is CCCC(C)NC(=O)C(C)NCC(=O)OCC. The number of hydrogen-bond donors (Lipinski definition) is 2. The molecule has 5 heteroatoms. The predicted octanol–water partition coefficient (Wildman–Crippen LogP) is 0.832. The Labute approximate surface area is 103 Å². The highest BCUT2D eigenvalue weighted by Crippen LogP contribution is 1.95. The van der Waals surface area contributed by atoms with Gasteiger partial charge < -0.3 is 10.1 Å². The first-order chi connectivity index (χ1) is 8.01. The van der Waals surface area contributed by atoms with Crippen molar-refractivity contribution in [1.29, 1.82) is 0 Å². The monoisotopic (exact) mass is 244 g/mol. The van der Waals surface area contributed by atoms with Gasteiger partial charge in [-0.2, -0.15) is 0 Å². The van der Waals surface area contributed by atoms with Crippen LogP contribution in [0.4, 0.5) is 0 Å². The van der Waals surface area contributed by atoms with E-state index in [0.29, 0.717) is 6.61 Å². The zero-order valence-electron chi connectivity index (χ0n) is 11.2. The van der Waals surface area contributed by atoms with E-state index >= 15 is 0 Å². The second-order valence-corrected chi connectivity index (χ2v) is 4.11. The Balaban J connectivity index is 3.85. The van der Waals surface area contributed by atoms with Crippen molar-refractivity contribution in [2.75, 3.05) is 13.2 Å².